The fourth-order valence-corrected chi connectivity index (χ4v) is 4.75. The van der Waals surface area contributed by atoms with Gasteiger partial charge in [0.1, 0.15) is 12.2 Å². The van der Waals surface area contributed by atoms with E-state index in [0.29, 0.717) is 39.6 Å². The molecule has 3 aliphatic heterocycles. The molecular weight excluding hydrogens is 376 g/mol. The topological polar surface area (TPSA) is 55.4 Å². The van der Waals surface area contributed by atoms with Gasteiger partial charge < -0.3 is 28.4 Å². The molecule has 0 radical (unpaired) electrons. The van der Waals surface area contributed by atoms with E-state index >= 15 is 0 Å². The van der Waals surface area contributed by atoms with E-state index in [1.807, 2.05) is 27.7 Å². The predicted molar refractivity (Wildman–Crippen MR) is 103 cm³/mol. The summed E-state index contributed by atoms with van der Waals surface area (Å²) in [5.41, 5.74) is 0. The molecule has 0 aromatic heterocycles. The standard InChI is InChI=1S/C18H28O6S2/c1-17(2)21-9-13(23-17)7-19-11-15-5-6-16(26-25-15)12-20-8-14-10-22-18(3,4)24-14/h5-6,13-14H,7-12H2,1-4H3/t13-,14+. The van der Waals surface area contributed by atoms with Crippen LogP contribution in [0.4, 0.5) is 0 Å². The molecule has 2 saturated heterocycles. The lowest BCUT2D eigenvalue weighted by Gasteiger charge is -2.18. The molecular formula is C18H28O6S2. The maximum Gasteiger partial charge on any atom is 0.163 e. The number of rotatable bonds is 8. The molecule has 0 bridgehead atoms. The van der Waals surface area contributed by atoms with Gasteiger partial charge >= 0.3 is 0 Å². The van der Waals surface area contributed by atoms with Crippen LogP contribution in [0.15, 0.2) is 22.0 Å². The molecule has 0 unspecified atom stereocenters. The monoisotopic (exact) mass is 404 g/mol. The highest BCUT2D eigenvalue weighted by molar-refractivity contribution is 8.79. The second-order valence-electron chi connectivity index (χ2n) is 7.36. The van der Waals surface area contributed by atoms with Crippen molar-refractivity contribution in [3.05, 3.63) is 22.0 Å². The Kier molecular flexibility index (Phi) is 7.12. The zero-order valence-electron chi connectivity index (χ0n) is 15.8. The quantitative estimate of drug-likeness (QED) is 0.570. The van der Waals surface area contributed by atoms with Crippen LogP contribution in [0.25, 0.3) is 0 Å². The van der Waals surface area contributed by atoms with Crippen LogP contribution in [0.5, 0.6) is 0 Å². The van der Waals surface area contributed by atoms with E-state index in [4.69, 9.17) is 28.4 Å². The molecule has 8 heteroatoms. The Morgan fingerprint density at radius 2 is 1.27 bits per heavy atom. The minimum atomic E-state index is -0.494. The molecule has 0 aliphatic carbocycles. The number of hydrogen-bond donors (Lipinski definition) is 0. The minimum absolute atomic E-state index is 0.0121. The Hall–Kier alpha value is -0.0600. The van der Waals surface area contributed by atoms with Crippen molar-refractivity contribution in [2.75, 3.05) is 39.6 Å². The SMILES string of the molecule is CC1(C)OC[C@@H](COCC2=CC=C(COC[C@H]3COC(C)(C)O3)SS2)O1. The first-order chi connectivity index (χ1) is 12.3. The van der Waals surface area contributed by atoms with Gasteiger partial charge in [-0.05, 0) is 39.8 Å². The lowest BCUT2D eigenvalue weighted by atomic mass is 10.4. The van der Waals surface area contributed by atoms with Crippen molar-refractivity contribution in [2.24, 2.45) is 0 Å². The van der Waals surface area contributed by atoms with Gasteiger partial charge in [-0.3, -0.25) is 0 Å². The van der Waals surface area contributed by atoms with Gasteiger partial charge in [0.15, 0.2) is 11.6 Å². The molecule has 0 aromatic rings. The van der Waals surface area contributed by atoms with Crippen molar-refractivity contribution < 1.29 is 28.4 Å². The molecule has 0 amide bonds. The van der Waals surface area contributed by atoms with Crippen LogP contribution in [0.3, 0.4) is 0 Å². The van der Waals surface area contributed by atoms with Crippen LogP contribution in [0, 0.1) is 0 Å². The van der Waals surface area contributed by atoms with Crippen LogP contribution < -0.4 is 0 Å². The molecule has 0 N–H and O–H groups in total. The molecule has 3 rings (SSSR count). The van der Waals surface area contributed by atoms with Crippen LogP contribution >= 0.6 is 21.6 Å². The molecule has 26 heavy (non-hydrogen) atoms. The first-order valence-electron chi connectivity index (χ1n) is 8.85. The van der Waals surface area contributed by atoms with Crippen molar-refractivity contribution in [1.29, 1.82) is 0 Å². The molecule has 3 aliphatic rings. The first kappa shape index (κ1) is 20.7. The molecule has 0 spiro atoms. The zero-order chi connectivity index (χ0) is 18.6. The molecule has 2 atom stereocenters. The molecule has 0 aromatic carbocycles. The Balaban J connectivity index is 1.30. The van der Waals surface area contributed by atoms with E-state index in [0.717, 1.165) is 0 Å². The smallest absolute Gasteiger partial charge is 0.163 e. The third-order valence-corrected chi connectivity index (χ3v) is 6.50. The summed E-state index contributed by atoms with van der Waals surface area (Å²) in [5.74, 6) is -0.989. The largest absolute Gasteiger partial charge is 0.373 e. The Labute approximate surface area is 163 Å². The van der Waals surface area contributed by atoms with Crippen molar-refractivity contribution in [3.63, 3.8) is 0 Å². The van der Waals surface area contributed by atoms with Crippen molar-refractivity contribution in [1.82, 2.24) is 0 Å². The molecule has 0 saturated carbocycles. The summed E-state index contributed by atoms with van der Waals surface area (Å²) in [4.78, 5) is 2.37. The number of hydrogen-bond acceptors (Lipinski definition) is 8. The van der Waals surface area contributed by atoms with E-state index in [-0.39, 0.29) is 12.2 Å². The maximum absolute atomic E-state index is 5.76. The maximum atomic E-state index is 5.76. The van der Waals surface area contributed by atoms with Crippen LogP contribution in [-0.2, 0) is 28.4 Å². The molecule has 3 heterocycles. The van der Waals surface area contributed by atoms with Crippen LogP contribution in [0.2, 0.25) is 0 Å². The predicted octanol–water partition coefficient (Wildman–Crippen LogP) is 3.49. The van der Waals surface area contributed by atoms with Gasteiger partial charge in [0.25, 0.3) is 0 Å². The second kappa shape index (κ2) is 8.96. The van der Waals surface area contributed by atoms with Gasteiger partial charge in [-0.25, -0.2) is 0 Å². The molecule has 148 valence electrons. The highest BCUT2D eigenvalue weighted by Gasteiger charge is 2.33. The highest BCUT2D eigenvalue weighted by Crippen LogP contribution is 2.40. The fraction of sp³-hybridized carbons (Fsp3) is 0.778. The zero-order valence-corrected chi connectivity index (χ0v) is 17.5. The first-order valence-corrected chi connectivity index (χ1v) is 11.0. The van der Waals surface area contributed by atoms with Crippen molar-refractivity contribution in [2.45, 2.75) is 51.5 Å². The van der Waals surface area contributed by atoms with Crippen LogP contribution in [-0.4, -0.2) is 63.4 Å². The van der Waals surface area contributed by atoms with E-state index in [2.05, 4.69) is 12.2 Å². The lowest BCUT2D eigenvalue weighted by Crippen LogP contribution is -2.24. The van der Waals surface area contributed by atoms with E-state index in [1.54, 1.807) is 21.6 Å². The summed E-state index contributed by atoms with van der Waals surface area (Å²) in [7, 11) is 3.43. The third-order valence-electron chi connectivity index (χ3n) is 3.94. The summed E-state index contributed by atoms with van der Waals surface area (Å²) in [6.07, 6.45) is 4.21. The fourth-order valence-electron chi connectivity index (χ4n) is 2.77. The normalized spacial score (nSPS) is 30.3. The van der Waals surface area contributed by atoms with E-state index < -0.39 is 11.6 Å². The average Bonchev–Trinajstić information content (AvgIpc) is 3.10. The van der Waals surface area contributed by atoms with Gasteiger partial charge in [0.2, 0.25) is 0 Å². The third kappa shape index (κ3) is 6.53. The van der Waals surface area contributed by atoms with Gasteiger partial charge in [-0.15, -0.1) is 0 Å². The number of allylic oxidation sites excluding steroid dienone is 2. The summed E-state index contributed by atoms with van der Waals surface area (Å²) < 4.78 is 34.0. The van der Waals surface area contributed by atoms with Gasteiger partial charge in [0.05, 0.1) is 39.6 Å². The lowest BCUT2D eigenvalue weighted by molar-refractivity contribution is -0.144. The Bertz CT molecular complexity index is 498. The number of ether oxygens (including phenoxy) is 6. The average molecular weight is 405 g/mol. The molecule has 6 nitrogen and oxygen atoms in total. The molecule has 2 fully saturated rings. The highest BCUT2D eigenvalue weighted by atomic mass is 33.1. The summed E-state index contributed by atoms with van der Waals surface area (Å²) in [5, 5.41) is 0. The van der Waals surface area contributed by atoms with Crippen molar-refractivity contribution in [3.8, 4) is 0 Å². The summed E-state index contributed by atoms with van der Waals surface area (Å²) >= 11 is 0. The summed E-state index contributed by atoms with van der Waals surface area (Å²) in [6.45, 7) is 11.1. The Morgan fingerprint density at radius 1 is 0.846 bits per heavy atom. The van der Waals surface area contributed by atoms with E-state index in [9.17, 15) is 0 Å². The summed E-state index contributed by atoms with van der Waals surface area (Å²) in [6, 6.07) is 0. The second-order valence-corrected chi connectivity index (χ2v) is 9.75. The minimum Gasteiger partial charge on any atom is -0.373 e. The van der Waals surface area contributed by atoms with Gasteiger partial charge in [-0.2, -0.15) is 0 Å². The van der Waals surface area contributed by atoms with Gasteiger partial charge in [-0.1, -0.05) is 21.6 Å². The van der Waals surface area contributed by atoms with Gasteiger partial charge in [0, 0.05) is 9.81 Å². The van der Waals surface area contributed by atoms with Crippen LogP contribution in [0.1, 0.15) is 27.7 Å². The van der Waals surface area contributed by atoms with Crippen molar-refractivity contribution >= 4 is 21.6 Å². The Morgan fingerprint density at radius 3 is 1.58 bits per heavy atom. The van der Waals surface area contributed by atoms with E-state index in [1.165, 1.54) is 9.81 Å².